The molecular weight excluding hydrogens is 256 g/mol. The molecule has 2 rings (SSSR count). The number of anilines is 1. The van der Waals surface area contributed by atoms with Crippen LogP contribution in [0.2, 0.25) is 0 Å². The summed E-state index contributed by atoms with van der Waals surface area (Å²) in [6.45, 7) is 6.78. The first-order chi connectivity index (χ1) is 9.58. The van der Waals surface area contributed by atoms with E-state index in [9.17, 15) is 0 Å². The number of hydrogen-bond acceptors (Lipinski definition) is 5. The van der Waals surface area contributed by atoms with E-state index in [0.29, 0.717) is 24.1 Å². The van der Waals surface area contributed by atoms with Gasteiger partial charge in [0, 0.05) is 18.9 Å². The molecule has 5 heteroatoms. The normalized spacial score (nSPS) is 26.2. The van der Waals surface area contributed by atoms with Crippen molar-refractivity contribution < 1.29 is 14.2 Å². The molecule has 1 aliphatic rings. The predicted molar refractivity (Wildman–Crippen MR) is 78.1 cm³/mol. The predicted octanol–water partition coefficient (Wildman–Crippen LogP) is 2.79. The zero-order valence-electron chi connectivity index (χ0n) is 12.5. The molecule has 0 saturated carbocycles. The van der Waals surface area contributed by atoms with Crippen molar-refractivity contribution in [3.63, 3.8) is 0 Å². The topological polar surface area (TPSA) is 66.6 Å². The smallest absolute Gasteiger partial charge is 0.240 e. The fourth-order valence-corrected chi connectivity index (χ4v) is 2.43. The zero-order chi connectivity index (χ0) is 14.5. The lowest BCUT2D eigenvalue weighted by atomic mass is 10.0. The van der Waals surface area contributed by atoms with Crippen LogP contribution in [-0.4, -0.2) is 29.9 Å². The quantitative estimate of drug-likeness (QED) is 0.898. The van der Waals surface area contributed by atoms with Gasteiger partial charge in [0.25, 0.3) is 0 Å². The highest BCUT2D eigenvalue weighted by Crippen LogP contribution is 2.26. The Balaban J connectivity index is 2.01. The van der Waals surface area contributed by atoms with Gasteiger partial charge in [-0.25, -0.2) is 0 Å². The number of hydrogen-bond donors (Lipinski definition) is 1. The minimum Gasteiger partial charge on any atom is -0.476 e. The molecule has 1 aromatic heterocycles. The van der Waals surface area contributed by atoms with Gasteiger partial charge in [-0.15, -0.1) is 0 Å². The first kappa shape index (κ1) is 14.9. The van der Waals surface area contributed by atoms with Crippen LogP contribution in [0.4, 0.5) is 5.69 Å². The van der Waals surface area contributed by atoms with Crippen LogP contribution in [-0.2, 0) is 4.74 Å². The Morgan fingerprint density at radius 1 is 1.30 bits per heavy atom. The van der Waals surface area contributed by atoms with Crippen LogP contribution in [0.1, 0.15) is 40.0 Å². The summed E-state index contributed by atoms with van der Waals surface area (Å²) in [7, 11) is 0. The number of nitrogens with zero attached hydrogens (tertiary/aromatic N) is 1. The van der Waals surface area contributed by atoms with Crippen molar-refractivity contribution in [1.29, 1.82) is 0 Å². The molecule has 0 amide bonds. The van der Waals surface area contributed by atoms with Gasteiger partial charge in [0.2, 0.25) is 11.8 Å². The van der Waals surface area contributed by atoms with E-state index in [0.717, 1.165) is 19.3 Å². The van der Waals surface area contributed by atoms with Gasteiger partial charge in [-0.2, -0.15) is 4.98 Å². The van der Waals surface area contributed by atoms with Gasteiger partial charge in [0.15, 0.2) is 0 Å². The average Bonchev–Trinajstić information content (AvgIpc) is 2.38. The van der Waals surface area contributed by atoms with Crippen molar-refractivity contribution in [2.75, 3.05) is 12.3 Å². The molecule has 1 fully saturated rings. The molecule has 5 nitrogen and oxygen atoms in total. The molecule has 1 aliphatic heterocycles. The maximum Gasteiger partial charge on any atom is 0.240 e. The Morgan fingerprint density at radius 2 is 2.00 bits per heavy atom. The number of nitrogen functional groups attached to an aromatic ring is 1. The molecule has 112 valence electrons. The Hall–Kier alpha value is -1.49. The lowest BCUT2D eigenvalue weighted by molar-refractivity contribution is -0.0730. The lowest BCUT2D eigenvalue weighted by Crippen LogP contribution is -2.35. The van der Waals surface area contributed by atoms with Crippen LogP contribution in [0.25, 0.3) is 0 Å². The highest BCUT2D eigenvalue weighted by Gasteiger charge is 2.26. The third-order valence-corrected chi connectivity index (χ3v) is 3.25. The van der Waals surface area contributed by atoms with Crippen LogP contribution >= 0.6 is 0 Å². The second-order valence-corrected chi connectivity index (χ2v) is 5.36. The van der Waals surface area contributed by atoms with Crippen molar-refractivity contribution in [3.8, 4) is 11.8 Å². The molecule has 2 N–H and O–H groups in total. The monoisotopic (exact) mass is 280 g/mol. The lowest BCUT2D eigenvalue weighted by Gasteiger charge is -2.31. The second-order valence-electron chi connectivity index (χ2n) is 5.36. The summed E-state index contributed by atoms with van der Waals surface area (Å²) >= 11 is 0. The molecule has 2 atom stereocenters. The minimum atomic E-state index is 0.129. The van der Waals surface area contributed by atoms with Gasteiger partial charge in [-0.3, -0.25) is 0 Å². The van der Waals surface area contributed by atoms with E-state index in [4.69, 9.17) is 19.9 Å². The number of pyridine rings is 1. The number of nitrogens with two attached hydrogens (primary N) is 1. The zero-order valence-corrected chi connectivity index (χ0v) is 12.5. The van der Waals surface area contributed by atoms with E-state index < -0.39 is 0 Å². The van der Waals surface area contributed by atoms with Gasteiger partial charge in [0.05, 0.1) is 24.5 Å². The molecule has 2 heterocycles. The molecule has 1 aromatic rings. The standard InChI is InChI=1S/C15H24N2O3/c1-4-7-18-15-13(16)5-6-14(17-15)20-12-8-10(2)19-11(3)9-12/h5-6,10-12H,4,7-9,16H2,1-3H3. The molecule has 20 heavy (non-hydrogen) atoms. The van der Waals surface area contributed by atoms with E-state index in [1.807, 2.05) is 6.92 Å². The molecule has 0 aromatic carbocycles. The van der Waals surface area contributed by atoms with Crippen molar-refractivity contribution in [3.05, 3.63) is 12.1 Å². The highest BCUT2D eigenvalue weighted by molar-refractivity contribution is 5.49. The first-order valence-corrected chi connectivity index (χ1v) is 7.30. The van der Waals surface area contributed by atoms with E-state index in [-0.39, 0.29) is 18.3 Å². The largest absolute Gasteiger partial charge is 0.476 e. The van der Waals surface area contributed by atoms with Gasteiger partial charge in [-0.05, 0) is 26.3 Å². The Kier molecular flexibility index (Phi) is 5.06. The maximum atomic E-state index is 5.95. The van der Waals surface area contributed by atoms with Gasteiger partial charge in [-0.1, -0.05) is 6.92 Å². The van der Waals surface area contributed by atoms with Crippen LogP contribution in [0, 0.1) is 0 Å². The van der Waals surface area contributed by atoms with Crippen LogP contribution in [0.5, 0.6) is 11.8 Å². The maximum absolute atomic E-state index is 5.95. The van der Waals surface area contributed by atoms with Gasteiger partial charge >= 0.3 is 0 Å². The van der Waals surface area contributed by atoms with E-state index in [1.54, 1.807) is 12.1 Å². The fourth-order valence-electron chi connectivity index (χ4n) is 2.43. The highest BCUT2D eigenvalue weighted by atomic mass is 16.5. The Bertz CT molecular complexity index is 429. The summed E-state index contributed by atoms with van der Waals surface area (Å²) in [5.41, 5.74) is 6.39. The summed E-state index contributed by atoms with van der Waals surface area (Å²) in [4.78, 5) is 4.34. The van der Waals surface area contributed by atoms with E-state index >= 15 is 0 Å². The van der Waals surface area contributed by atoms with Crippen molar-refractivity contribution in [2.45, 2.75) is 58.3 Å². The van der Waals surface area contributed by atoms with E-state index in [2.05, 4.69) is 18.8 Å². The minimum absolute atomic E-state index is 0.129. The Labute approximate surface area is 120 Å². The second kappa shape index (κ2) is 6.79. The fraction of sp³-hybridized carbons (Fsp3) is 0.667. The summed E-state index contributed by atoms with van der Waals surface area (Å²) in [6, 6.07) is 3.57. The van der Waals surface area contributed by atoms with Crippen molar-refractivity contribution in [1.82, 2.24) is 4.98 Å². The molecule has 0 spiro atoms. The SMILES string of the molecule is CCCOc1nc(OC2CC(C)OC(C)C2)ccc1N. The van der Waals surface area contributed by atoms with Crippen LogP contribution in [0.15, 0.2) is 12.1 Å². The molecule has 2 unspecified atom stereocenters. The number of rotatable bonds is 5. The molecule has 1 saturated heterocycles. The first-order valence-electron chi connectivity index (χ1n) is 7.30. The average molecular weight is 280 g/mol. The van der Waals surface area contributed by atoms with Gasteiger partial charge < -0.3 is 19.9 Å². The summed E-state index contributed by atoms with van der Waals surface area (Å²) in [5.74, 6) is 1.02. The number of ether oxygens (including phenoxy) is 3. The summed E-state index contributed by atoms with van der Waals surface area (Å²) < 4.78 is 17.2. The van der Waals surface area contributed by atoms with Crippen molar-refractivity contribution >= 4 is 5.69 Å². The van der Waals surface area contributed by atoms with Crippen molar-refractivity contribution in [2.24, 2.45) is 0 Å². The third kappa shape index (κ3) is 4.00. The summed E-state index contributed by atoms with van der Waals surface area (Å²) in [6.07, 6.45) is 3.23. The third-order valence-electron chi connectivity index (χ3n) is 3.25. The molecule has 0 radical (unpaired) electrons. The van der Waals surface area contributed by atoms with Crippen LogP contribution < -0.4 is 15.2 Å². The van der Waals surface area contributed by atoms with E-state index in [1.165, 1.54) is 0 Å². The molecular formula is C15H24N2O3. The van der Waals surface area contributed by atoms with Crippen LogP contribution in [0.3, 0.4) is 0 Å². The molecule has 0 aliphatic carbocycles. The number of aromatic nitrogens is 1. The molecule has 0 bridgehead atoms. The Morgan fingerprint density at radius 3 is 2.65 bits per heavy atom. The van der Waals surface area contributed by atoms with Gasteiger partial charge in [0.1, 0.15) is 6.10 Å². The summed E-state index contributed by atoms with van der Waals surface area (Å²) in [5, 5.41) is 0.